The number of hydrogen-bond donors (Lipinski definition) is 3. The zero-order valence-corrected chi connectivity index (χ0v) is 20.8. The van der Waals surface area contributed by atoms with E-state index >= 15 is 0 Å². The first-order valence-electron chi connectivity index (χ1n) is 11.0. The summed E-state index contributed by atoms with van der Waals surface area (Å²) in [5, 5.41) is 9.61. The standard InChI is InChI=1S/C24H32N4O3S2/c1-18-16-23(24(29)28-14-7-11-25-13-15-28)32-22(18)10-4-5-12-26-19(2)27-20-8-6-9-21(17-20)33(3,30)31/h4,6,8-10,16-17,25-27H,2,5,7,11-15H2,1,3H3/b10-4-. The highest BCUT2D eigenvalue weighted by Gasteiger charge is 2.19. The third kappa shape index (κ3) is 7.45. The minimum Gasteiger partial charge on any atom is -0.372 e. The van der Waals surface area contributed by atoms with E-state index in [1.807, 2.05) is 17.9 Å². The molecule has 0 atom stereocenters. The van der Waals surface area contributed by atoms with Crippen LogP contribution in [0.3, 0.4) is 0 Å². The van der Waals surface area contributed by atoms with E-state index in [0.717, 1.165) is 54.3 Å². The third-order valence-corrected chi connectivity index (χ3v) is 7.57. The Balaban J connectivity index is 1.47. The smallest absolute Gasteiger partial charge is 0.263 e. The minimum atomic E-state index is -3.25. The van der Waals surface area contributed by atoms with Crippen LogP contribution in [-0.4, -0.2) is 58.2 Å². The Labute approximate surface area is 200 Å². The molecule has 9 heteroatoms. The molecule has 0 radical (unpaired) electrons. The molecule has 0 spiro atoms. The maximum Gasteiger partial charge on any atom is 0.263 e. The summed E-state index contributed by atoms with van der Waals surface area (Å²) in [5.74, 6) is 0.719. The minimum absolute atomic E-state index is 0.121. The van der Waals surface area contributed by atoms with Gasteiger partial charge >= 0.3 is 0 Å². The van der Waals surface area contributed by atoms with Gasteiger partial charge in [-0.25, -0.2) is 8.42 Å². The number of benzene rings is 1. The Kier molecular flexibility index (Phi) is 8.71. The van der Waals surface area contributed by atoms with Crippen molar-refractivity contribution in [1.29, 1.82) is 0 Å². The Morgan fingerprint density at radius 1 is 1.27 bits per heavy atom. The number of sulfone groups is 1. The number of nitrogens with one attached hydrogen (secondary N) is 3. The average Bonchev–Trinajstić information content (AvgIpc) is 2.96. The highest BCUT2D eigenvalue weighted by atomic mass is 32.2. The Morgan fingerprint density at radius 3 is 2.88 bits per heavy atom. The number of aryl methyl sites for hydroxylation is 1. The number of rotatable bonds is 9. The summed E-state index contributed by atoms with van der Waals surface area (Å²) in [7, 11) is -3.25. The molecule has 1 amide bonds. The molecule has 7 nitrogen and oxygen atoms in total. The van der Waals surface area contributed by atoms with Crippen LogP contribution in [0.1, 0.15) is 33.0 Å². The molecule has 1 fully saturated rings. The van der Waals surface area contributed by atoms with E-state index in [-0.39, 0.29) is 10.8 Å². The van der Waals surface area contributed by atoms with Gasteiger partial charge in [0.05, 0.1) is 15.6 Å². The van der Waals surface area contributed by atoms with Gasteiger partial charge in [0.15, 0.2) is 9.84 Å². The highest BCUT2D eigenvalue weighted by molar-refractivity contribution is 7.90. The summed E-state index contributed by atoms with van der Waals surface area (Å²) in [4.78, 5) is 16.9. The summed E-state index contributed by atoms with van der Waals surface area (Å²) < 4.78 is 23.4. The van der Waals surface area contributed by atoms with Crippen LogP contribution in [0.15, 0.2) is 53.7 Å². The second kappa shape index (κ2) is 11.5. The van der Waals surface area contributed by atoms with Crippen molar-refractivity contribution in [3.63, 3.8) is 0 Å². The first-order chi connectivity index (χ1) is 15.7. The van der Waals surface area contributed by atoms with Gasteiger partial charge in [0.1, 0.15) is 0 Å². The largest absolute Gasteiger partial charge is 0.372 e. The van der Waals surface area contributed by atoms with E-state index in [2.05, 4.69) is 34.7 Å². The third-order valence-electron chi connectivity index (χ3n) is 5.27. The number of thiophene rings is 1. The lowest BCUT2D eigenvalue weighted by atomic mass is 10.2. The summed E-state index contributed by atoms with van der Waals surface area (Å²) in [6.07, 6.45) is 7.09. The van der Waals surface area contributed by atoms with E-state index in [1.54, 1.807) is 24.3 Å². The molecule has 33 heavy (non-hydrogen) atoms. The molecule has 0 bridgehead atoms. The monoisotopic (exact) mass is 488 g/mol. The first kappa shape index (κ1) is 25.0. The number of hydrogen-bond acceptors (Lipinski definition) is 7. The molecule has 1 aliphatic rings. The molecule has 1 aliphatic heterocycles. The van der Waals surface area contributed by atoms with Gasteiger partial charge in [0, 0.05) is 43.0 Å². The van der Waals surface area contributed by atoms with Crippen LogP contribution in [0.25, 0.3) is 6.08 Å². The number of nitrogens with zero attached hydrogens (tertiary/aromatic N) is 1. The normalized spacial score (nSPS) is 14.8. The van der Waals surface area contributed by atoms with E-state index in [1.165, 1.54) is 17.6 Å². The summed E-state index contributed by atoms with van der Waals surface area (Å²) in [6, 6.07) is 8.63. The van der Waals surface area contributed by atoms with Crippen LogP contribution in [0.5, 0.6) is 0 Å². The quantitative estimate of drug-likeness (QED) is 0.468. The fourth-order valence-corrected chi connectivity index (χ4v) is 5.23. The summed E-state index contributed by atoms with van der Waals surface area (Å²) in [5.41, 5.74) is 1.77. The Bertz CT molecular complexity index is 1110. The zero-order chi connectivity index (χ0) is 23.8. The van der Waals surface area contributed by atoms with Crippen molar-refractivity contribution in [3.8, 4) is 0 Å². The fourth-order valence-electron chi connectivity index (χ4n) is 3.49. The second-order valence-corrected chi connectivity index (χ2v) is 11.2. The topological polar surface area (TPSA) is 90.5 Å². The van der Waals surface area contributed by atoms with Crippen LogP contribution in [0, 0.1) is 6.92 Å². The van der Waals surface area contributed by atoms with Gasteiger partial charge in [-0.1, -0.05) is 18.7 Å². The Hall–Kier alpha value is -2.62. The van der Waals surface area contributed by atoms with Crippen molar-refractivity contribution in [2.45, 2.75) is 24.7 Å². The van der Waals surface area contributed by atoms with E-state index in [0.29, 0.717) is 18.1 Å². The zero-order valence-electron chi connectivity index (χ0n) is 19.2. The molecule has 0 aliphatic carbocycles. The molecule has 3 rings (SSSR count). The van der Waals surface area contributed by atoms with Crippen LogP contribution < -0.4 is 16.0 Å². The number of amides is 1. The van der Waals surface area contributed by atoms with Crippen molar-refractivity contribution < 1.29 is 13.2 Å². The van der Waals surface area contributed by atoms with Gasteiger partial charge in [-0.15, -0.1) is 11.3 Å². The number of carbonyl (C=O) groups excluding carboxylic acids is 1. The van der Waals surface area contributed by atoms with E-state index in [4.69, 9.17) is 0 Å². The van der Waals surface area contributed by atoms with Crippen molar-refractivity contribution >= 4 is 38.8 Å². The number of anilines is 1. The molecule has 1 aromatic carbocycles. The lowest BCUT2D eigenvalue weighted by Gasteiger charge is -2.18. The van der Waals surface area contributed by atoms with Crippen LogP contribution in [-0.2, 0) is 9.84 Å². The SMILES string of the molecule is C=C(NCC/C=C\c1sc(C(=O)N2CCCNCC2)cc1C)Nc1cccc(S(C)(=O)=O)c1. The molecule has 1 saturated heterocycles. The first-order valence-corrected chi connectivity index (χ1v) is 13.7. The lowest BCUT2D eigenvalue weighted by molar-refractivity contribution is 0.0771. The molecule has 1 aromatic heterocycles. The van der Waals surface area contributed by atoms with Gasteiger partial charge in [-0.3, -0.25) is 4.79 Å². The van der Waals surface area contributed by atoms with Gasteiger partial charge in [0.2, 0.25) is 0 Å². The Morgan fingerprint density at radius 2 is 2.09 bits per heavy atom. The van der Waals surface area contributed by atoms with Crippen molar-refractivity contribution in [2.24, 2.45) is 0 Å². The molecule has 0 saturated carbocycles. The van der Waals surface area contributed by atoms with Crippen LogP contribution in [0.4, 0.5) is 5.69 Å². The molecule has 3 N–H and O–H groups in total. The maximum absolute atomic E-state index is 12.8. The average molecular weight is 489 g/mol. The molecule has 2 heterocycles. The summed E-state index contributed by atoms with van der Waals surface area (Å²) >= 11 is 1.54. The lowest BCUT2D eigenvalue weighted by Crippen LogP contribution is -2.33. The predicted octanol–water partition coefficient (Wildman–Crippen LogP) is 3.47. The molecule has 2 aromatic rings. The fraction of sp³-hybridized carbons (Fsp3) is 0.375. The van der Waals surface area contributed by atoms with Gasteiger partial charge in [0.25, 0.3) is 5.91 Å². The van der Waals surface area contributed by atoms with Gasteiger partial charge in [-0.2, -0.15) is 0 Å². The molecule has 178 valence electrons. The van der Waals surface area contributed by atoms with Crippen LogP contribution in [0.2, 0.25) is 0 Å². The summed E-state index contributed by atoms with van der Waals surface area (Å²) in [6.45, 7) is 10.0. The second-order valence-electron chi connectivity index (χ2n) is 8.08. The van der Waals surface area contributed by atoms with Crippen LogP contribution >= 0.6 is 11.3 Å². The predicted molar refractivity (Wildman–Crippen MR) is 136 cm³/mol. The van der Waals surface area contributed by atoms with Crippen molar-refractivity contribution in [2.75, 3.05) is 44.3 Å². The van der Waals surface area contributed by atoms with E-state index < -0.39 is 9.84 Å². The highest BCUT2D eigenvalue weighted by Crippen LogP contribution is 2.25. The van der Waals surface area contributed by atoms with Gasteiger partial charge < -0.3 is 20.9 Å². The molecular formula is C24H32N4O3S2. The van der Waals surface area contributed by atoms with Gasteiger partial charge in [-0.05, 0) is 62.2 Å². The maximum atomic E-state index is 12.8. The number of carbonyl (C=O) groups is 1. The van der Waals surface area contributed by atoms with E-state index in [9.17, 15) is 13.2 Å². The van der Waals surface area contributed by atoms with Crippen molar-refractivity contribution in [1.82, 2.24) is 15.5 Å². The van der Waals surface area contributed by atoms with Crippen molar-refractivity contribution in [3.05, 3.63) is 64.1 Å². The molecular weight excluding hydrogens is 456 g/mol. The molecule has 0 unspecified atom stereocenters.